The number of hydrogen-bond acceptors (Lipinski definition) is 1. The van der Waals surface area contributed by atoms with Gasteiger partial charge < -0.3 is 21.7 Å². The van der Waals surface area contributed by atoms with Gasteiger partial charge in [0.2, 0.25) is 0 Å². The van der Waals surface area contributed by atoms with Crippen molar-refractivity contribution in [2.45, 2.75) is 6.36 Å². The van der Waals surface area contributed by atoms with Gasteiger partial charge in [0.25, 0.3) is 0 Å². The molecule has 0 N–H and O–H groups in total. The second-order valence-corrected chi connectivity index (χ2v) is 1.79. The van der Waals surface area contributed by atoms with Crippen molar-refractivity contribution in [3.63, 3.8) is 0 Å². The topological polar surface area (TPSA) is 9.23 Å². The van der Waals surface area contributed by atoms with Crippen molar-refractivity contribution < 1.29 is 54.4 Å². The second-order valence-electron chi connectivity index (χ2n) is 1.79. The third-order valence-electron chi connectivity index (χ3n) is 0.912. The second kappa shape index (κ2) is 6.38. The largest absolute Gasteiger partial charge is 2.00 e. The van der Waals surface area contributed by atoms with Gasteiger partial charge in [0.1, 0.15) is 0 Å². The van der Waals surface area contributed by atoms with E-state index in [4.69, 9.17) is 0 Å². The average molecular weight is 306 g/mol. The van der Waals surface area contributed by atoms with Crippen LogP contribution in [0.1, 0.15) is 0 Å². The first-order valence-electron chi connectivity index (χ1n) is 2.80. The Hall–Kier alpha value is -0.0866. The molecule has 0 spiro atoms. The van der Waals surface area contributed by atoms with Gasteiger partial charge in [-0.3, -0.25) is 0 Å². The van der Waals surface area contributed by atoms with Crippen LogP contribution in [0, 0.1) is 6.07 Å². The molecule has 1 nitrogen and oxygen atoms in total. The van der Waals surface area contributed by atoms with Crippen molar-refractivity contribution in [3.8, 4) is 5.75 Å². The first kappa shape index (κ1) is 15.4. The summed E-state index contributed by atoms with van der Waals surface area (Å²) in [5.74, 6) is -0.250. The minimum Gasteiger partial charge on any atom is -1.00 e. The van der Waals surface area contributed by atoms with Crippen LogP contribution in [0.15, 0.2) is 24.3 Å². The van der Waals surface area contributed by atoms with Crippen molar-refractivity contribution >= 4 is 0 Å². The molecule has 0 heterocycles. The van der Waals surface area contributed by atoms with E-state index < -0.39 is 6.36 Å². The molecule has 6 heteroatoms. The quantitative estimate of drug-likeness (QED) is 0.497. The molecule has 0 aliphatic rings. The van der Waals surface area contributed by atoms with Crippen LogP contribution in [0.5, 0.6) is 5.75 Å². The van der Waals surface area contributed by atoms with Crippen molar-refractivity contribution in [2.24, 2.45) is 0 Å². The molecule has 0 saturated heterocycles. The van der Waals surface area contributed by atoms with E-state index in [1.807, 2.05) is 0 Å². The van der Waals surface area contributed by atoms with Crippen LogP contribution < -0.4 is 21.7 Å². The Bertz CT molecular complexity index is 227. The molecule has 0 saturated carbocycles. The fourth-order valence-corrected chi connectivity index (χ4v) is 0.574. The zero-order valence-electron chi connectivity index (χ0n) is 6.44. The van der Waals surface area contributed by atoms with Crippen LogP contribution in [-0.2, 0) is 19.5 Å². The summed E-state index contributed by atoms with van der Waals surface area (Å²) in [5, 5.41) is 0. The predicted molar refractivity (Wildman–Crippen MR) is 32.0 cm³/mol. The van der Waals surface area contributed by atoms with Crippen LogP contribution in [0.25, 0.3) is 0 Å². The standard InChI is InChI=1S/C7H4F3O.BrH.Zn/c8-7(9,10)11-6-4-2-1-3-5-6;;/h1-2,4-5H;1H;/q-1;;+2/p-1. The molecular weight excluding hydrogens is 302 g/mol. The van der Waals surface area contributed by atoms with Gasteiger partial charge in [0.05, 0.1) is 0 Å². The van der Waals surface area contributed by atoms with Gasteiger partial charge in [-0.1, -0.05) is 0 Å². The number of rotatable bonds is 1. The Morgan fingerprint density at radius 2 is 1.92 bits per heavy atom. The van der Waals surface area contributed by atoms with Crippen molar-refractivity contribution in [1.29, 1.82) is 0 Å². The van der Waals surface area contributed by atoms with Crippen molar-refractivity contribution in [2.75, 3.05) is 0 Å². The van der Waals surface area contributed by atoms with E-state index in [0.29, 0.717) is 0 Å². The number of halogens is 4. The maximum absolute atomic E-state index is 11.5. The van der Waals surface area contributed by atoms with Gasteiger partial charge in [-0.2, -0.15) is 18.2 Å². The van der Waals surface area contributed by atoms with E-state index in [-0.39, 0.29) is 42.2 Å². The number of ether oxygens (including phenoxy) is 1. The van der Waals surface area contributed by atoms with E-state index in [9.17, 15) is 13.2 Å². The summed E-state index contributed by atoms with van der Waals surface area (Å²) >= 11 is 0. The maximum atomic E-state index is 11.5. The van der Waals surface area contributed by atoms with Gasteiger partial charge in [-0.25, -0.2) is 0 Å². The van der Waals surface area contributed by atoms with Crippen LogP contribution in [0.2, 0.25) is 0 Å². The fourth-order valence-electron chi connectivity index (χ4n) is 0.574. The Morgan fingerprint density at radius 1 is 1.31 bits per heavy atom. The van der Waals surface area contributed by atoms with Gasteiger partial charge in [0.15, 0.2) is 0 Å². The molecule has 0 unspecified atom stereocenters. The molecule has 0 aromatic heterocycles. The summed E-state index contributed by atoms with van der Waals surface area (Å²) in [6.45, 7) is 0. The molecule has 0 bridgehead atoms. The molecule has 1 aromatic carbocycles. The summed E-state index contributed by atoms with van der Waals surface area (Å²) in [6, 6.07) is 7.70. The molecule has 0 amide bonds. The first-order chi connectivity index (χ1) is 5.08. The summed E-state index contributed by atoms with van der Waals surface area (Å²) in [6.07, 6.45) is -4.62. The zero-order chi connectivity index (χ0) is 8.32. The Kier molecular flexibility index (Phi) is 7.55. The van der Waals surface area contributed by atoms with Crippen LogP contribution in [0.3, 0.4) is 0 Å². The van der Waals surface area contributed by atoms with Gasteiger partial charge in [-0.05, 0) is 0 Å². The predicted octanol–water partition coefficient (Wildman–Crippen LogP) is -0.613. The van der Waals surface area contributed by atoms with Gasteiger partial charge in [0, 0.05) is 5.75 Å². The average Bonchev–Trinajstić information content (AvgIpc) is 1.85. The Balaban J connectivity index is 0. The third kappa shape index (κ3) is 7.02. The SMILES string of the molecule is FC(F)(F)Oc1c[c-]ccc1.[Br-].[Zn+2]. The molecular formula is C7H4BrF3OZn. The zero-order valence-corrected chi connectivity index (χ0v) is 11.0. The minimum absolute atomic E-state index is 0. The Labute approximate surface area is 96.8 Å². The Morgan fingerprint density at radius 3 is 2.31 bits per heavy atom. The van der Waals surface area contributed by atoms with Crippen LogP contribution in [-0.4, -0.2) is 6.36 Å². The van der Waals surface area contributed by atoms with Crippen LogP contribution >= 0.6 is 0 Å². The fraction of sp³-hybridized carbons (Fsp3) is 0.143. The first-order valence-corrected chi connectivity index (χ1v) is 2.80. The van der Waals surface area contributed by atoms with Crippen LogP contribution in [0.4, 0.5) is 13.2 Å². The molecule has 68 valence electrons. The molecule has 1 aromatic rings. The smallest absolute Gasteiger partial charge is 1.00 e. The van der Waals surface area contributed by atoms with E-state index in [1.165, 1.54) is 18.2 Å². The van der Waals surface area contributed by atoms with E-state index in [1.54, 1.807) is 0 Å². The number of benzene rings is 1. The summed E-state index contributed by atoms with van der Waals surface area (Å²) in [4.78, 5) is 0. The van der Waals surface area contributed by atoms with E-state index in [0.717, 1.165) is 6.07 Å². The number of hydrogen-bond donors (Lipinski definition) is 0. The van der Waals surface area contributed by atoms with Gasteiger partial charge >= 0.3 is 25.8 Å². The van der Waals surface area contributed by atoms with E-state index in [2.05, 4.69) is 10.8 Å². The monoisotopic (exact) mass is 304 g/mol. The molecule has 13 heavy (non-hydrogen) atoms. The van der Waals surface area contributed by atoms with Crippen molar-refractivity contribution in [3.05, 3.63) is 30.3 Å². The summed E-state index contributed by atoms with van der Waals surface area (Å²) in [5.41, 5.74) is 0. The molecule has 0 fully saturated rings. The maximum Gasteiger partial charge on any atom is 2.00 e. The normalized spacial score (nSPS) is 9.46. The minimum atomic E-state index is -4.62. The number of alkyl halides is 3. The molecule has 0 aliphatic carbocycles. The molecule has 0 aliphatic heterocycles. The van der Waals surface area contributed by atoms with Crippen molar-refractivity contribution in [1.82, 2.24) is 0 Å². The van der Waals surface area contributed by atoms with E-state index >= 15 is 0 Å². The summed E-state index contributed by atoms with van der Waals surface area (Å²) < 4.78 is 38.1. The molecule has 1 rings (SSSR count). The third-order valence-corrected chi connectivity index (χ3v) is 0.912. The molecule has 0 atom stereocenters. The summed E-state index contributed by atoms with van der Waals surface area (Å²) in [7, 11) is 0. The molecule has 0 radical (unpaired) electrons. The van der Waals surface area contributed by atoms with Gasteiger partial charge in [-0.15, -0.1) is 25.3 Å².